The maximum atomic E-state index is 11.1. The molecular formula is C8H7N5O2. The Kier molecular flexibility index (Phi) is 2.00. The van der Waals surface area contributed by atoms with Gasteiger partial charge < -0.3 is 5.11 Å². The molecule has 2 heterocycles. The first-order valence-corrected chi connectivity index (χ1v) is 4.17. The smallest absolute Gasteiger partial charge is 0.364 e. The molecule has 0 saturated heterocycles. The topological polar surface area (TPSA) is 99.6 Å². The maximum Gasteiger partial charge on any atom is 0.364 e. The number of carboxylic acid groups (broad SMARTS) is 1. The van der Waals surface area contributed by atoms with Crippen molar-refractivity contribution in [3.63, 3.8) is 0 Å². The van der Waals surface area contributed by atoms with Crippen LogP contribution in [0.1, 0.15) is 11.4 Å². The van der Waals surface area contributed by atoms with Crippen molar-refractivity contribution in [3.05, 3.63) is 29.6 Å². The van der Waals surface area contributed by atoms with Gasteiger partial charge in [0.1, 0.15) is 5.69 Å². The van der Waals surface area contributed by atoms with Gasteiger partial charge in [0.05, 0.1) is 0 Å². The average molecular weight is 205 g/mol. The maximum absolute atomic E-state index is 11.1. The summed E-state index contributed by atoms with van der Waals surface area (Å²) in [5.41, 5.74) is -0.906. The number of aliphatic carboxylic acids is 1. The molecule has 1 N–H and O–H groups in total. The first-order valence-electron chi connectivity index (χ1n) is 4.17. The lowest BCUT2D eigenvalue weighted by molar-refractivity contribution is -0.143. The van der Waals surface area contributed by atoms with Crippen molar-refractivity contribution in [2.75, 3.05) is 0 Å². The zero-order valence-corrected chi connectivity index (χ0v) is 7.82. The number of carboxylic acids is 1. The van der Waals surface area contributed by atoms with Crippen LogP contribution in [0.3, 0.4) is 0 Å². The van der Waals surface area contributed by atoms with Crippen molar-refractivity contribution in [1.82, 2.24) is 4.98 Å². The zero-order chi connectivity index (χ0) is 10.9. The monoisotopic (exact) mass is 205 g/mol. The summed E-state index contributed by atoms with van der Waals surface area (Å²) in [7, 11) is 0. The largest absolute Gasteiger partial charge is 0.478 e. The molecule has 1 aliphatic heterocycles. The first-order chi connectivity index (χ1) is 7.15. The van der Waals surface area contributed by atoms with E-state index >= 15 is 0 Å². The van der Waals surface area contributed by atoms with Gasteiger partial charge in [-0.25, -0.2) is 4.79 Å². The number of rotatable bonds is 2. The van der Waals surface area contributed by atoms with E-state index in [2.05, 4.69) is 25.7 Å². The predicted octanol–water partition coefficient (Wildman–Crippen LogP) is 1.46. The van der Waals surface area contributed by atoms with Gasteiger partial charge in [-0.2, -0.15) is 0 Å². The van der Waals surface area contributed by atoms with Crippen LogP contribution < -0.4 is 0 Å². The fourth-order valence-electron chi connectivity index (χ4n) is 1.22. The lowest BCUT2D eigenvalue weighted by atomic mass is 10.1. The van der Waals surface area contributed by atoms with Crippen LogP contribution in [0.15, 0.2) is 38.9 Å². The normalized spacial score (nSPS) is 16.9. The first kappa shape index (κ1) is 9.38. The lowest BCUT2D eigenvalue weighted by Crippen LogP contribution is -2.31. The molecule has 1 aromatic heterocycles. The SMILES string of the molecule is Cc1cccc(C2(C(=O)O)N=NN=N2)n1. The van der Waals surface area contributed by atoms with Crippen molar-refractivity contribution in [1.29, 1.82) is 0 Å². The predicted molar refractivity (Wildman–Crippen MR) is 48.0 cm³/mol. The minimum atomic E-state index is -1.80. The summed E-state index contributed by atoms with van der Waals surface area (Å²) in [6.45, 7) is 1.75. The van der Waals surface area contributed by atoms with Crippen LogP contribution in [-0.4, -0.2) is 16.1 Å². The van der Waals surface area contributed by atoms with Gasteiger partial charge in [-0.15, -0.1) is 10.2 Å². The Morgan fingerprint density at radius 3 is 2.53 bits per heavy atom. The van der Waals surface area contributed by atoms with Crippen LogP contribution in [0, 0.1) is 6.92 Å². The summed E-state index contributed by atoms with van der Waals surface area (Å²) >= 11 is 0. The summed E-state index contributed by atoms with van der Waals surface area (Å²) in [5, 5.41) is 22.5. The Balaban J connectivity index is 2.56. The molecule has 0 saturated carbocycles. The Bertz CT molecular complexity index is 456. The molecule has 15 heavy (non-hydrogen) atoms. The fourth-order valence-corrected chi connectivity index (χ4v) is 1.22. The number of pyridine rings is 1. The van der Waals surface area contributed by atoms with E-state index in [1.54, 1.807) is 19.1 Å². The molecule has 2 rings (SSSR count). The third kappa shape index (κ3) is 1.37. The van der Waals surface area contributed by atoms with Crippen LogP contribution in [0.25, 0.3) is 0 Å². The number of hydrogen-bond donors (Lipinski definition) is 1. The Hall–Kier alpha value is -2.18. The summed E-state index contributed by atoms with van der Waals surface area (Å²) in [6.07, 6.45) is 0. The summed E-state index contributed by atoms with van der Waals surface area (Å²) < 4.78 is 0. The molecule has 0 fully saturated rings. The second-order valence-corrected chi connectivity index (χ2v) is 3.02. The minimum absolute atomic E-state index is 0.208. The third-order valence-electron chi connectivity index (χ3n) is 1.96. The standard InChI is InChI=1S/C8H7N5O2/c1-5-3-2-4-6(9-5)8(7(14)15)10-12-13-11-8/h2-4H,1H3,(H,14,15). The highest BCUT2D eigenvalue weighted by Gasteiger charge is 2.45. The Labute approximate surface area is 84.6 Å². The zero-order valence-electron chi connectivity index (χ0n) is 7.82. The number of hydrogen-bond acceptors (Lipinski definition) is 6. The van der Waals surface area contributed by atoms with E-state index in [-0.39, 0.29) is 5.69 Å². The molecule has 0 aromatic carbocycles. The van der Waals surface area contributed by atoms with Crippen LogP contribution in [0.2, 0.25) is 0 Å². The van der Waals surface area contributed by atoms with Crippen LogP contribution >= 0.6 is 0 Å². The van der Waals surface area contributed by atoms with Crippen molar-refractivity contribution in [3.8, 4) is 0 Å². The Morgan fingerprint density at radius 1 is 1.33 bits per heavy atom. The Morgan fingerprint density at radius 2 is 2.00 bits per heavy atom. The molecule has 0 aliphatic carbocycles. The van der Waals surface area contributed by atoms with E-state index in [1.807, 2.05) is 0 Å². The van der Waals surface area contributed by atoms with Gasteiger partial charge >= 0.3 is 11.6 Å². The molecule has 0 radical (unpaired) electrons. The van der Waals surface area contributed by atoms with Gasteiger partial charge in [-0.05, 0) is 29.5 Å². The van der Waals surface area contributed by atoms with Crippen molar-refractivity contribution < 1.29 is 9.90 Å². The molecule has 0 atom stereocenters. The van der Waals surface area contributed by atoms with Gasteiger partial charge in [0, 0.05) is 5.69 Å². The average Bonchev–Trinajstić information content (AvgIpc) is 2.67. The summed E-state index contributed by atoms with van der Waals surface area (Å²) in [6, 6.07) is 4.97. The molecule has 76 valence electrons. The van der Waals surface area contributed by atoms with Crippen molar-refractivity contribution in [2.45, 2.75) is 12.6 Å². The van der Waals surface area contributed by atoms with E-state index in [4.69, 9.17) is 5.11 Å². The van der Waals surface area contributed by atoms with Crippen LogP contribution in [0.4, 0.5) is 0 Å². The summed E-state index contributed by atoms with van der Waals surface area (Å²) in [4.78, 5) is 15.1. The third-order valence-corrected chi connectivity index (χ3v) is 1.96. The van der Waals surface area contributed by atoms with Gasteiger partial charge in [0.25, 0.3) is 0 Å². The molecule has 1 aliphatic rings. The van der Waals surface area contributed by atoms with E-state index in [9.17, 15) is 4.79 Å². The number of aryl methyl sites for hydroxylation is 1. The number of aromatic nitrogens is 1. The molecule has 0 amide bonds. The highest BCUT2D eigenvalue weighted by molar-refractivity contribution is 5.79. The van der Waals surface area contributed by atoms with E-state index in [1.165, 1.54) is 6.07 Å². The molecule has 7 heteroatoms. The van der Waals surface area contributed by atoms with Crippen LogP contribution in [0.5, 0.6) is 0 Å². The minimum Gasteiger partial charge on any atom is -0.478 e. The van der Waals surface area contributed by atoms with Gasteiger partial charge in [0.2, 0.25) is 0 Å². The quantitative estimate of drug-likeness (QED) is 0.790. The number of carbonyl (C=O) groups is 1. The van der Waals surface area contributed by atoms with E-state index in [0.717, 1.165) is 0 Å². The van der Waals surface area contributed by atoms with Crippen molar-refractivity contribution in [2.24, 2.45) is 20.7 Å². The summed E-state index contributed by atoms with van der Waals surface area (Å²) in [5.74, 6) is -1.24. The molecular weight excluding hydrogens is 198 g/mol. The molecule has 0 spiro atoms. The van der Waals surface area contributed by atoms with E-state index in [0.29, 0.717) is 5.69 Å². The fraction of sp³-hybridized carbons (Fsp3) is 0.250. The molecule has 1 aromatic rings. The molecule has 0 bridgehead atoms. The second-order valence-electron chi connectivity index (χ2n) is 3.02. The van der Waals surface area contributed by atoms with Gasteiger partial charge in [-0.3, -0.25) is 4.98 Å². The van der Waals surface area contributed by atoms with Crippen molar-refractivity contribution >= 4 is 5.97 Å². The lowest BCUT2D eigenvalue weighted by Gasteiger charge is -2.13. The number of nitrogens with zero attached hydrogens (tertiary/aromatic N) is 5. The molecule has 7 nitrogen and oxygen atoms in total. The highest BCUT2D eigenvalue weighted by atomic mass is 16.4. The highest BCUT2D eigenvalue weighted by Crippen LogP contribution is 2.31. The van der Waals surface area contributed by atoms with E-state index < -0.39 is 11.6 Å². The van der Waals surface area contributed by atoms with Gasteiger partial charge in [0.15, 0.2) is 0 Å². The van der Waals surface area contributed by atoms with Crippen LogP contribution in [-0.2, 0) is 10.5 Å². The molecule has 0 unspecified atom stereocenters. The van der Waals surface area contributed by atoms with Gasteiger partial charge in [-0.1, -0.05) is 6.07 Å². The second kappa shape index (κ2) is 3.19.